The first-order chi connectivity index (χ1) is 6.88. The van der Waals surface area contributed by atoms with Gasteiger partial charge in [-0.05, 0) is 20.8 Å². The molecule has 0 aromatic carbocycles. The highest BCUT2D eigenvalue weighted by Crippen LogP contribution is 2.28. The Labute approximate surface area is 90.2 Å². The predicted octanol–water partition coefficient (Wildman–Crippen LogP) is 1.46. The van der Waals surface area contributed by atoms with E-state index < -0.39 is 12.3 Å². The highest BCUT2D eigenvalue weighted by atomic mass is 19.2. The van der Waals surface area contributed by atoms with Gasteiger partial charge in [-0.3, -0.25) is 9.80 Å². The minimum absolute atomic E-state index is 0.181. The van der Waals surface area contributed by atoms with Crippen LogP contribution in [0.15, 0.2) is 0 Å². The summed E-state index contributed by atoms with van der Waals surface area (Å²) in [5, 5.41) is 0. The smallest absolute Gasteiger partial charge is 0.145 e. The van der Waals surface area contributed by atoms with E-state index in [1.165, 1.54) is 0 Å². The molecule has 2 atom stereocenters. The van der Waals surface area contributed by atoms with Gasteiger partial charge in [-0.15, -0.1) is 0 Å². The molecule has 0 unspecified atom stereocenters. The molecule has 0 aliphatic carbocycles. The molecular weight excluding hydrogens is 198 g/mol. The molecule has 0 N–H and O–H groups in total. The zero-order valence-corrected chi connectivity index (χ0v) is 9.71. The van der Waals surface area contributed by atoms with Gasteiger partial charge in [0.15, 0.2) is 0 Å². The number of halogens is 2. The summed E-state index contributed by atoms with van der Waals surface area (Å²) in [6, 6.07) is 0.364. The lowest BCUT2D eigenvalue weighted by Crippen LogP contribution is -2.64. The molecule has 2 heterocycles. The van der Waals surface area contributed by atoms with E-state index in [4.69, 9.17) is 0 Å². The van der Waals surface area contributed by atoms with E-state index >= 15 is 0 Å². The van der Waals surface area contributed by atoms with Crippen LogP contribution >= 0.6 is 0 Å². The minimum Gasteiger partial charge on any atom is -0.295 e. The first-order valence-electron chi connectivity index (χ1n) is 5.65. The van der Waals surface area contributed by atoms with Gasteiger partial charge < -0.3 is 0 Å². The van der Waals surface area contributed by atoms with Gasteiger partial charge in [-0.1, -0.05) is 0 Å². The van der Waals surface area contributed by atoms with E-state index in [9.17, 15) is 8.78 Å². The third-order valence-corrected chi connectivity index (χ3v) is 3.54. The molecule has 2 aliphatic heterocycles. The Hall–Kier alpha value is -0.220. The lowest BCUT2D eigenvalue weighted by atomic mass is 9.97. The number of hydrogen-bond donors (Lipinski definition) is 0. The molecule has 0 radical (unpaired) electrons. The van der Waals surface area contributed by atoms with Gasteiger partial charge in [0.2, 0.25) is 0 Å². The van der Waals surface area contributed by atoms with Crippen LogP contribution in [0.4, 0.5) is 8.78 Å². The average Bonchev–Trinajstić information content (AvgIpc) is 2.25. The second kappa shape index (κ2) is 3.67. The van der Waals surface area contributed by atoms with Gasteiger partial charge in [0, 0.05) is 37.8 Å². The Bertz CT molecular complexity index is 223. The van der Waals surface area contributed by atoms with Crippen LogP contribution in [0.2, 0.25) is 0 Å². The monoisotopic (exact) mass is 218 g/mol. The average molecular weight is 218 g/mol. The molecule has 0 amide bonds. The molecule has 2 fully saturated rings. The van der Waals surface area contributed by atoms with Crippen molar-refractivity contribution >= 4 is 0 Å². The van der Waals surface area contributed by atoms with Crippen LogP contribution in [0.5, 0.6) is 0 Å². The topological polar surface area (TPSA) is 6.48 Å². The Morgan fingerprint density at radius 3 is 1.80 bits per heavy atom. The minimum atomic E-state index is -1.27. The molecule has 0 aromatic rings. The third-order valence-electron chi connectivity index (χ3n) is 3.54. The Balaban J connectivity index is 1.81. The van der Waals surface area contributed by atoms with E-state index in [1.54, 1.807) is 0 Å². The molecule has 88 valence electrons. The summed E-state index contributed by atoms with van der Waals surface area (Å²) in [6.45, 7) is 8.97. The molecule has 2 rings (SSSR count). The summed E-state index contributed by atoms with van der Waals surface area (Å²) in [7, 11) is 0. The van der Waals surface area contributed by atoms with Crippen molar-refractivity contribution in [3.63, 3.8) is 0 Å². The maximum atomic E-state index is 13.0. The van der Waals surface area contributed by atoms with Crippen molar-refractivity contribution in [3.05, 3.63) is 0 Å². The number of likely N-dealkylation sites (tertiary alicyclic amines) is 2. The van der Waals surface area contributed by atoms with Crippen LogP contribution in [0.25, 0.3) is 0 Å². The number of nitrogens with zero attached hydrogens (tertiary/aromatic N) is 2. The SMILES string of the molecule is CC(C)(C)N1CC(N2C[C@@H](F)[C@@H](F)C2)C1. The molecule has 0 spiro atoms. The highest BCUT2D eigenvalue weighted by molar-refractivity contribution is 4.98. The summed E-state index contributed by atoms with van der Waals surface area (Å²) >= 11 is 0. The summed E-state index contributed by atoms with van der Waals surface area (Å²) in [6.07, 6.45) is -2.54. The number of alkyl halides is 2. The maximum Gasteiger partial charge on any atom is 0.145 e. The summed E-state index contributed by atoms with van der Waals surface area (Å²) in [4.78, 5) is 4.30. The molecule has 2 saturated heterocycles. The van der Waals surface area contributed by atoms with Crippen LogP contribution in [-0.4, -0.2) is 59.9 Å². The standard InChI is InChI=1S/C11H20F2N2/c1-11(2,3)15-4-8(5-15)14-6-9(12)10(13)7-14/h8-10H,4-7H2,1-3H3/t9-,10+. The van der Waals surface area contributed by atoms with Crippen molar-refractivity contribution in [3.8, 4) is 0 Å². The molecule has 15 heavy (non-hydrogen) atoms. The fraction of sp³-hybridized carbons (Fsp3) is 1.00. The largest absolute Gasteiger partial charge is 0.295 e. The summed E-state index contributed by atoms with van der Waals surface area (Å²) in [5.41, 5.74) is 0.181. The first kappa shape index (κ1) is 11.3. The molecular formula is C11H20F2N2. The van der Waals surface area contributed by atoms with E-state index in [0.29, 0.717) is 6.04 Å². The fourth-order valence-electron chi connectivity index (χ4n) is 2.28. The second-order valence-corrected chi connectivity index (χ2v) is 5.72. The highest BCUT2D eigenvalue weighted by Gasteiger charge is 2.43. The van der Waals surface area contributed by atoms with Gasteiger partial charge >= 0.3 is 0 Å². The Morgan fingerprint density at radius 1 is 0.933 bits per heavy atom. The lowest BCUT2D eigenvalue weighted by Gasteiger charge is -2.50. The predicted molar refractivity (Wildman–Crippen MR) is 56.5 cm³/mol. The van der Waals surface area contributed by atoms with Gasteiger partial charge in [0.1, 0.15) is 12.3 Å². The van der Waals surface area contributed by atoms with Gasteiger partial charge in [-0.25, -0.2) is 8.78 Å². The quantitative estimate of drug-likeness (QED) is 0.657. The van der Waals surface area contributed by atoms with Crippen molar-refractivity contribution < 1.29 is 8.78 Å². The van der Waals surface area contributed by atoms with Crippen LogP contribution in [0.1, 0.15) is 20.8 Å². The van der Waals surface area contributed by atoms with E-state index in [2.05, 4.69) is 25.7 Å². The zero-order valence-electron chi connectivity index (χ0n) is 9.71. The Morgan fingerprint density at radius 2 is 1.40 bits per heavy atom. The number of rotatable bonds is 1. The van der Waals surface area contributed by atoms with Crippen LogP contribution in [0.3, 0.4) is 0 Å². The van der Waals surface area contributed by atoms with Gasteiger partial charge in [0.05, 0.1) is 0 Å². The molecule has 0 bridgehead atoms. The van der Waals surface area contributed by atoms with Crippen molar-refractivity contribution in [1.82, 2.24) is 9.80 Å². The zero-order chi connectivity index (χ0) is 11.2. The van der Waals surface area contributed by atoms with Crippen molar-refractivity contribution in [2.24, 2.45) is 0 Å². The number of hydrogen-bond acceptors (Lipinski definition) is 2. The van der Waals surface area contributed by atoms with E-state index in [1.807, 2.05) is 4.90 Å². The first-order valence-corrected chi connectivity index (χ1v) is 5.65. The van der Waals surface area contributed by atoms with E-state index in [0.717, 1.165) is 13.1 Å². The van der Waals surface area contributed by atoms with Crippen molar-refractivity contribution in [2.75, 3.05) is 26.2 Å². The lowest BCUT2D eigenvalue weighted by molar-refractivity contribution is -0.0163. The Kier molecular flexibility index (Phi) is 2.75. The van der Waals surface area contributed by atoms with E-state index in [-0.39, 0.29) is 18.6 Å². The van der Waals surface area contributed by atoms with Crippen molar-refractivity contribution in [1.29, 1.82) is 0 Å². The summed E-state index contributed by atoms with van der Waals surface area (Å²) in [5.74, 6) is 0. The second-order valence-electron chi connectivity index (χ2n) is 5.72. The van der Waals surface area contributed by atoms with Gasteiger partial charge in [-0.2, -0.15) is 0 Å². The van der Waals surface area contributed by atoms with Crippen LogP contribution in [0, 0.1) is 0 Å². The third kappa shape index (κ3) is 2.16. The molecule has 2 nitrogen and oxygen atoms in total. The summed E-state index contributed by atoms with van der Waals surface area (Å²) < 4.78 is 26.0. The van der Waals surface area contributed by atoms with Crippen LogP contribution < -0.4 is 0 Å². The van der Waals surface area contributed by atoms with Crippen molar-refractivity contribution in [2.45, 2.75) is 44.7 Å². The molecule has 0 aromatic heterocycles. The molecule has 4 heteroatoms. The normalized spacial score (nSPS) is 35.8. The maximum absolute atomic E-state index is 13.0. The molecule has 2 aliphatic rings. The van der Waals surface area contributed by atoms with Gasteiger partial charge in [0.25, 0.3) is 0 Å². The van der Waals surface area contributed by atoms with Crippen LogP contribution in [-0.2, 0) is 0 Å². The molecule has 0 saturated carbocycles. The fourth-order valence-corrected chi connectivity index (χ4v) is 2.28.